The lowest BCUT2D eigenvalue weighted by Crippen LogP contribution is -2.24. The van der Waals surface area contributed by atoms with Gasteiger partial charge in [0.15, 0.2) is 4.84 Å². The first-order valence-electron chi connectivity index (χ1n) is 7.40. The van der Waals surface area contributed by atoms with Gasteiger partial charge in [0, 0.05) is 26.9 Å². The zero-order valence-electron chi connectivity index (χ0n) is 12.8. The number of amidine groups is 1. The van der Waals surface area contributed by atoms with Gasteiger partial charge >= 0.3 is 0 Å². The number of carbonyl (C=O) groups excluding carboxylic acids is 1. The molecule has 4 nitrogen and oxygen atoms in total. The zero-order chi connectivity index (χ0) is 18.0. The molecule has 2 aromatic rings. The van der Waals surface area contributed by atoms with Crippen molar-refractivity contribution >= 4 is 63.8 Å². The van der Waals surface area contributed by atoms with Crippen LogP contribution in [0.25, 0.3) is 0 Å². The van der Waals surface area contributed by atoms with Crippen LogP contribution < -0.4 is 10.6 Å². The molecule has 0 bridgehead atoms. The summed E-state index contributed by atoms with van der Waals surface area (Å²) >= 11 is 23.6. The third-order valence-corrected chi connectivity index (χ3v) is 4.77. The molecule has 0 saturated heterocycles. The lowest BCUT2D eigenvalue weighted by molar-refractivity contribution is -0.114. The SMILES string of the molecule is O=C(Nc1ccc(C2=NCC(c3c(Cl)cccc3Cl)N2)cc1)C(Cl)Cl. The molecule has 0 radical (unpaired) electrons. The van der Waals surface area contributed by atoms with Gasteiger partial charge in [-0.05, 0) is 36.4 Å². The van der Waals surface area contributed by atoms with Gasteiger partial charge in [0.1, 0.15) is 5.84 Å². The highest BCUT2D eigenvalue weighted by Crippen LogP contribution is 2.32. The van der Waals surface area contributed by atoms with Crippen molar-refractivity contribution in [3.8, 4) is 0 Å². The van der Waals surface area contributed by atoms with Gasteiger partial charge < -0.3 is 10.6 Å². The molecule has 1 unspecified atom stereocenters. The zero-order valence-corrected chi connectivity index (χ0v) is 15.8. The second-order valence-corrected chi connectivity index (χ2v) is 7.30. The maximum absolute atomic E-state index is 11.5. The van der Waals surface area contributed by atoms with E-state index < -0.39 is 10.7 Å². The summed E-state index contributed by atoms with van der Waals surface area (Å²) in [5.41, 5.74) is 2.32. The van der Waals surface area contributed by atoms with Crippen molar-refractivity contribution in [2.24, 2.45) is 4.99 Å². The fourth-order valence-electron chi connectivity index (χ4n) is 2.53. The highest BCUT2D eigenvalue weighted by molar-refractivity contribution is 6.54. The Morgan fingerprint density at radius 2 is 1.76 bits per heavy atom. The molecule has 3 rings (SSSR count). The number of benzene rings is 2. The van der Waals surface area contributed by atoms with Crippen LogP contribution in [0.4, 0.5) is 5.69 Å². The van der Waals surface area contributed by atoms with Crippen LogP contribution in [0.2, 0.25) is 10.0 Å². The second-order valence-electron chi connectivity index (χ2n) is 5.39. The molecule has 1 amide bonds. The van der Waals surface area contributed by atoms with E-state index in [1.807, 2.05) is 18.2 Å². The molecule has 1 atom stereocenters. The van der Waals surface area contributed by atoms with Crippen molar-refractivity contribution in [1.82, 2.24) is 5.32 Å². The minimum Gasteiger partial charge on any atom is -0.361 e. The number of halogens is 4. The van der Waals surface area contributed by atoms with E-state index in [0.717, 1.165) is 17.0 Å². The van der Waals surface area contributed by atoms with Crippen molar-refractivity contribution in [2.75, 3.05) is 11.9 Å². The lowest BCUT2D eigenvalue weighted by Gasteiger charge is -2.15. The predicted molar refractivity (Wildman–Crippen MR) is 104 cm³/mol. The molecule has 0 spiro atoms. The van der Waals surface area contributed by atoms with Crippen LogP contribution in [0, 0.1) is 0 Å². The first-order chi connectivity index (χ1) is 12.0. The molecule has 25 heavy (non-hydrogen) atoms. The van der Waals surface area contributed by atoms with E-state index in [1.54, 1.807) is 24.3 Å². The van der Waals surface area contributed by atoms with Gasteiger partial charge in [-0.1, -0.05) is 52.5 Å². The van der Waals surface area contributed by atoms with E-state index in [2.05, 4.69) is 15.6 Å². The fourth-order valence-corrected chi connectivity index (χ4v) is 3.30. The second kappa shape index (κ2) is 7.83. The van der Waals surface area contributed by atoms with E-state index in [1.165, 1.54) is 0 Å². The van der Waals surface area contributed by atoms with Crippen LogP contribution in [0.5, 0.6) is 0 Å². The van der Waals surface area contributed by atoms with Crippen LogP contribution in [-0.4, -0.2) is 23.1 Å². The van der Waals surface area contributed by atoms with Crippen molar-refractivity contribution in [3.63, 3.8) is 0 Å². The Bertz CT molecular complexity index is 801. The van der Waals surface area contributed by atoms with Gasteiger partial charge in [-0.2, -0.15) is 0 Å². The lowest BCUT2D eigenvalue weighted by atomic mass is 10.1. The van der Waals surface area contributed by atoms with E-state index in [-0.39, 0.29) is 6.04 Å². The van der Waals surface area contributed by atoms with Gasteiger partial charge in [-0.3, -0.25) is 9.79 Å². The Kier molecular flexibility index (Phi) is 5.74. The van der Waals surface area contributed by atoms with E-state index in [4.69, 9.17) is 46.4 Å². The number of nitrogens with zero attached hydrogens (tertiary/aromatic N) is 1. The molecule has 1 heterocycles. The monoisotopic (exact) mass is 415 g/mol. The number of amides is 1. The smallest absolute Gasteiger partial charge is 0.257 e. The third kappa shape index (κ3) is 4.21. The van der Waals surface area contributed by atoms with Crippen LogP contribution in [0.15, 0.2) is 47.5 Å². The summed E-state index contributed by atoms with van der Waals surface area (Å²) in [6.45, 7) is 0.539. The number of carbonyl (C=O) groups is 1. The first kappa shape index (κ1) is 18.3. The summed E-state index contributed by atoms with van der Waals surface area (Å²) in [7, 11) is 0. The Labute approximate surface area is 165 Å². The summed E-state index contributed by atoms with van der Waals surface area (Å²) in [4.78, 5) is 14.9. The Balaban J connectivity index is 1.71. The molecule has 0 aliphatic carbocycles. The predicted octanol–water partition coefficient (Wildman–Crippen LogP) is 4.83. The van der Waals surface area contributed by atoms with Gasteiger partial charge in [0.25, 0.3) is 5.91 Å². The van der Waals surface area contributed by atoms with Gasteiger partial charge in [-0.15, -0.1) is 0 Å². The molecular formula is C17H13Cl4N3O. The van der Waals surface area contributed by atoms with E-state index >= 15 is 0 Å². The quantitative estimate of drug-likeness (QED) is 0.701. The minimum absolute atomic E-state index is 0.0798. The topological polar surface area (TPSA) is 53.5 Å². The van der Waals surface area contributed by atoms with Crippen molar-refractivity contribution in [2.45, 2.75) is 10.9 Å². The van der Waals surface area contributed by atoms with Gasteiger partial charge in [-0.25, -0.2) is 0 Å². The molecule has 2 aromatic carbocycles. The molecule has 130 valence electrons. The minimum atomic E-state index is -1.11. The van der Waals surface area contributed by atoms with Crippen molar-refractivity contribution in [3.05, 3.63) is 63.6 Å². The fraction of sp³-hybridized carbons (Fsp3) is 0.176. The molecule has 2 N–H and O–H groups in total. The van der Waals surface area contributed by atoms with Crippen LogP contribution in [0.3, 0.4) is 0 Å². The molecular weight excluding hydrogens is 404 g/mol. The molecule has 0 fully saturated rings. The highest BCUT2D eigenvalue weighted by Gasteiger charge is 2.24. The summed E-state index contributed by atoms with van der Waals surface area (Å²) < 4.78 is 0. The molecule has 1 aliphatic heterocycles. The Morgan fingerprint density at radius 3 is 2.36 bits per heavy atom. The number of nitrogens with one attached hydrogen (secondary N) is 2. The summed E-state index contributed by atoms with van der Waals surface area (Å²) in [6, 6.07) is 12.5. The maximum Gasteiger partial charge on any atom is 0.257 e. The largest absolute Gasteiger partial charge is 0.361 e. The normalized spacial score (nSPS) is 16.5. The number of hydrogen-bond acceptors (Lipinski definition) is 3. The van der Waals surface area contributed by atoms with E-state index in [0.29, 0.717) is 22.3 Å². The molecule has 0 aromatic heterocycles. The summed E-state index contributed by atoms with van der Waals surface area (Å²) in [6.07, 6.45) is 0. The van der Waals surface area contributed by atoms with Gasteiger partial charge in [0.05, 0.1) is 12.6 Å². The number of rotatable bonds is 4. The highest BCUT2D eigenvalue weighted by atomic mass is 35.5. The Hall–Kier alpha value is -1.46. The molecule has 8 heteroatoms. The van der Waals surface area contributed by atoms with Crippen LogP contribution >= 0.6 is 46.4 Å². The molecule has 0 saturated carbocycles. The van der Waals surface area contributed by atoms with Crippen molar-refractivity contribution < 1.29 is 4.79 Å². The number of alkyl halides is 2. The standard InChI is InChI=1S/C17H13Cl4N3O/c18-11-2-1-3-12(19)14(11)13-8-22-16(24-13)9-4-6-10(7-5-9)23-17(25)15(20)21/h1-7,13,15H,8H2,(H,22,24)(H,23,25). The summed E-state index contributed by atoms with van der Waals surface area (Å²) in [5.74, 6) is 0.271. The average Bonchev–Trinajstić information content (AvgIpc) is 3.05. The van der Waals surface area contributed by atoms with Gasteiger partial charge in [0.2, 0.25) is 0 Å². The number of aliphatic imine (C=N–C) groups is 1. The van der Waals surface area contributed by atoms with E-state index in [9.17, 15) is 4.79 Å². The molecule has 1 aliphatic rings. The Morgan fingerprint density at radius 1 is 1.12 bits per heavy atom. The maximum atomic E-state index is 11.5. The number of anilines is 1. The third-order valence-electron chi connectivity index (χ3n) is 3.72. The van der Waals surface area contributed by atoms with Crippen LogP contribution in [-0.2, 0) is 4.79 Å². The first-order valence-corrected chi connectivity index (χ1v) is 9.03. The average molecular weight is 417 g/mol. The number of hydrogen-bond donors (Lipinski definition) is 2. The van der Waals surface area contributed by atoms with Crippen LogP contribution in [0.1, 0.15) is 17.2 Å². The summed E-state index contributed by atoms with van der Waals surface area (Å²) in [5, 5.41) is 7.16. The van der Waals surface area contributed by atoms with Crippen molar-refractivity contribution in [1.29, 1.82) is 0 Å².